The molecule has 1 N–H and O–H groups in total. The predicted octanol–water partition coefficient (Wildman–Crippen LogP) is 3.32. The molecule has 18 heavy (non-hydrogen) atoms. The van der Waals surface area contributed by atoms with Crippen LogP contribution in [0.2, 0.25) is 0 Å². The summed E-state index contributed by atoms with van der Waals surface area (Å²) in [6, 6.07) is 0. The zero-order valence-electron chi connectivity index (χ0n) is 12.4. The Bertz CT molecular complexity index is 251. The van der Waals surface area contributed by atoms with E-state index in [1.54, 1.807) is 7.05 Å². The summed E-state index contributed by atoms with van der Waals surface area (Å²) in [4.78, 5) is 22.7. The van der Waals surface area contributed by atoms with Gasteiger partial charge in [-0.2, -0.15) is 0 Å². The Morgan fingerprint density at radius 2 is 1.56 bits per heavy atom. The minimum absolute atomic E-state index is 0.105. The Hall–Kier alpha value is -0.860. The van der Waals surface area contributed by atoms with Gasteiger partial charge in [-0.15, -0.1) is 0 Å². The molecule has 0 aromatic rings. The number of amides is 1. The molecule has 0 aromatic heterocycles. The van der Waals surface area contributed by atoms with E-state index in [0.717, 1.165) is 32.1 Å². The molecule has 0 heterocycles. The molecule has 0 rings (SSSR count). The van der Waals surface area contributed by atoms with Gasteiger partial charge in [-0.25, -0.2) is 0 Å². The Balaban J connectivity index is 3.76. The van der Waals surface area contributed by atoms with Gasteiger partial charge in [0.25, 0.3) is 0 Å². The van der Waals surface area contributed by atoms with E-state index >= 15 is 0 Å². The van der Waals surface area contributed by atoms with E-state index in [4.69, 9.17) is 0 Å². The molecule has 0 saturated heterocycles. The number of unbranched alkanes of at least 4 members (excludes halogenated alkanes) is 1. The van der Waals surface area contributed by atoms with Gasteiger partial charge in [0.1, 0.15) is 5.78 Å². The number of hydrogen-bond acceptors (Lipinski definition) is 2. The summed E-state index contributed by atoms with van der Waals surface area (Å²) >= 11 is 0. The Kier molecular flexibility index (Phi) is 9.62. The third-order valence-electron chi connectivity index (χ3n) is 3.76. The molecule has 0 aliphatic carbocycles. The standard InChI is InChI=1S/C15H29NO2/c1-5-6-7-14(17)10-8-12(2)13(3)9-11-15(18)16-4/h12-13H,5-11H2,1-4H3,(H,16,18). The molecule has 3 heteroatoms. The highest BCUT2D eigenvalue weighted by Gasteiger charge is 2.14. The summed E-state index contributed by atoms with van der Waals surface area (Å²) in [5, 5.41) is 2.64. The molecule has 2 atom stereocenters. The first-order valence-electron chi connectivity index (χ1n) is 7.23. The lowest BCUT2D eigenvalue weighted by Gasteiger charge is -2.19. The van der Waals surface area contributed by atoms with Gasteiger partial charge in [0, 0.05) is 26.3 Å². The highest BCUT2D eigenvalue weighted by atomic mass is 16.1. The van der Waals surface area contributed by atoms with Crippen LogP contribution in [-0.2, 0) is 9.59 Å². The van der Waals surface area contributed by atoms with Crippen molar-refractivity contribution >= 4 is 11.7 Å². The topological polar surface area (TPSA) is 46.2 Å². The zero-order valence-corrected chi connectivity index (χ0v) is 12.4. The number of nitrogens with one attached hydrogen (secondary N) is 1. The van der Waals surface area contributed by atoms with Crippen molar-refractivity contribution in [3.8, 4) is 0 Å². The largest absolute Gasteiger partial charge is 0.359 e. The highest BCUT2D eigenvalue weighted by Crippen LogP contribution is 2.22. The van der Waals surface area contributed by atoms with Gasteiger partial charge in [-0.05, 0) is 31.1 Å². The fourth-order valence-corrected chi connectivity index (χ4v) is 1.94. The van der Waals surface area contributed by atoms with Crippen molar-refractivity contribution in [2.75, 3.05) is 7.05 Å². The van der Waals surface area contributed by atoms with Crippen LogP contribution in [0.5, 0.6) is 0 Å². The molecule has 0 saturated carbocycles. The first kappa shape index (κ1) is 17.1. The minimum atomic E-state index is 0.105. The highest BCUT2D eigenvalue weighted by molar-refractivity contribution is 5.78. The van der Waals surface area contributed by atoms with Gasteiger partial charge in [0.05, 0.1) is 0 Å². The van der Waals surface area contributed by atoms with Gasteiger partial charge in [-0.3, -0.25) is 9.59 Å². The smallest absolute Gasteiger partial charge is 0.219 e. The molecule has 0 radical (unpaired) electrons. The molecule has 2 unspecified atom stereocenters. The minimum Gasteiger partial charge on any atom is -0.359 e. The lowest BCUT2D eigenvalue weighted by molar-refractivity contribution is -0.121. The molecule has 0 bridgehead atoms. The number of carbonyl (C=O) groups excluding carboxylic acids is 2. The van der Waals surface area contributed by atoms with Crippen molar-refractivity contribution < 1.29 is 9.59 Å². The molecule has 0 fully saturated rings. The summed E-state index contributed by atoms with van der Waals surface area (Å²) in [7, 11) is 1.67. The fraction of sp³-hybridized carbons (Fsp3) is 0.867. The van der Waals surface area contributed by atoms with E-state index in [0.29, 0.717) is 30.5 Å². The number of carbonyl (C=O) groups is 2. The summed E-state index contributed by atoms with van der Waals surface area (Å²) in [5.41, 5.74) is 0. The molecule has 1 amide bonds. The maximum atomic E-state index is 11.6. The molecule has 106 valence electrons. The lowest BCUT2D eigenvalue weighted by atomic mass is 9.87. The normalized spacial score (nSPS) is 14.0. The van der Waals surface area contributed by atoms with Crippen LogP contribution in [0, 0.1) is 11.8 Å². The summed E-state index contributed by atoms with van der Waals surface area (Å²) < 4.78 is 0. The Morgan fingerprint density at radius 3 is 2.06 bits per heavy atom. The van der Waals surface area contributed by atoms with Crippen LogP contribution in [0.4, 0.5) is 0 Å². The van der Waals surface area contributed by atoms with E-state index in [2.05, 4.69) is 26.1 Å². The molecule has 0 spiro atoms. The molecular formula is C15H29NO2. The summed E-state index contributed by atoms with van der Waals surface area (Å²) in [5.74, 6) is 1.51. The van der Waals surface area contributed by atoms with Gasteiger partial charge in [0.15, 0.2) is 0 Å². The number of Topliss-reactive ketones (excluding diaryl/α,β-unsaturated/α-hetero) is 1. The Labute approximate surface area is 112 Å². The van der Waals surface area contributed by atoms with Crippen LogP contribution >= 0.6 is 0 Å². The quantitative estimate of drug-likeness (QED) is 0.651. The van der Waals surface area contributed by atoms with Crippen molar-refractivity contribution in [1.29, 1.82) is 0 Å². The van der Waals surface area contributed by atoms with E-state index in [1.807, 2.05) is 0 Å². The monoisotopic (exact) mass is 255 g/mol. The SMILES string of the molecule is CCCCC(=O)CCC(C)C(C)CCC(=O)NC. The van der Waals surface area contributed by atoms with Crippen LogP contribution < -0.4 is 5.32 Å². The maximum absolute atomic E-state index is 11.6. The van der Waals surface area contributed by atoms with Crippen molar-refractivity contribution in [2.45, 2.75) is 65.7 Å². The van der Waals surface area contributed by atoms with Gasteiger partial charge in [-0.1, -0.05) is 27.2 Å². The Morgan fingerprint density at radius 1 is 1.00 bits per heavy atom. The second-order valence-corrected chi connectivity index (χ2v) is 5.35. The van der Waals surface area contributed by atoms with Crippen molar-refractivity contribution in [1.82, 2.24) is 5.32 Å². The third-order valence-corrected chi connectivity index (χ3v) is 3.76. The maximum Gasteiger partial charge on any atom is 0.219 e. The number of ketones is 1. The van der Waals surface area contributed by atoms with Crippen molar-refractivity contribution in [3.05, 3.63) is 0 Å². The lowest BCUT2D eigenvalue weighted by Crippen LogP contribution is -2.19. The molecule has 0 aliphatic rings. The first-order valence-corrected chi connectivity index (χ1v) is 7.23. The summed E-state index contributed by atoms with van der Waals surface area (Å²) in [6.45, 7) is 6.46. The zero-order chi connectivity index (χ0) is 14.0. The van der Waals surface area contributed by atoms with E-state index in [9.17, 15) is 9.59 Å². The van der Waals surface area contributed by atoms with E-state index < -0.39 is 0 Å². The first-order chi connectivity index (χ1) is 8.51. The molecular weight excluding hydrogens is 226 g/mol. The third kappa shape index (κ3) is 8.26. The van der Waals surface area contributed by atoms with Crippen LogP contribution in [-0.4, -0.2) is 18.7 Å². The average molecular weight is 255 g/mol. The number of rotatable bonds is 10. The van der Waals surface area contributed by atoms with Gasteiger partial charge < -0.3 is 5.32 Å². The second-order valence-electron chi connectivity index (χ2n) is 5.35. The van der Waals surface area contributed by atoms with Crippen molar-refractivity contribution in [3.63, 3.8) is 0 Å². The predicted molar refractivity (Wildman–Crippen MR) is 75.4 cm³/mol. The molecule has 0 aromatic carbocycles. The van der Waals surface area contributed by atoms with Crippen molar-refractivity contribution in [2.24, 2.45) is 11.8 Å². The second kappa shape index (κ2) is 10.1. The van der Waals surface area contributed by atoms with Crippen LogP contribution in [0.3, 0.4) is 0 Å². The molecule has 0 aliphatic heterocycles. The van der Waals surface area contributed by atoms with Gasteiger partial charge >= 0.3 is 0 Å². The fourth-order valence-electron chi connectivity index (χ4n) is 1.94. The van der Waals surface area contributed by atoms with E-state index in [-0.39, 0.29) is 5.91 Å². The van der Waals surface area contributed by atoms with E-state index in [1.165, 1.54) is 0 Å². The van der Waals surface area contributed by atoms with Crippen LogP contribution in [0.15, 0.2) is 0 Å². The van der Waals surface area contributed by atoms with Gasteiger partial charge in [0.2, 0.25) is 5.91 Å². The van der Waals surface area contributed by atoms with Crippen LogP contribution in [0.1, 0.15) is 65.7 Å². The average Bonchev–Trinajstić information content (AvgIpc) is 2.38. The summed E-state index contributed by atoms with van der Waals surface area (Å²) in [6.07, 6.45) is 5.98. The number of hydrogen-bond donors (Lipinski definition) is 1. The van der Waals surface area contributed by atoms with Crippen LogP contribution in [0.25, 0.3) is 0 Å². The molecule has 3 nitrogen and oxygen atoms in total.